The minimum atomic E-state index is -0.0598. The molecule has 0 spiro atoms. The lowest BCUT2D eigenvalue weighted by Crippen LogP contribution is -2.43. The average Bonchev–Trinajstić information content (AvgIpc) is 3.24. The van der Waals surface area contributed by atoms with Gasteiger partial charge in [0.05, 0.1) is 10.7 Å². The molecule has 1 aliphatic rings. The molecule has 1 fully saturated rings. The molecule has 2 aromatic carbocycles. The maximum Gasteiger partial charge on any atom is 0.244 e. The van der Waals surface area contributed by atoms with Crippen molar-refractivity contribution in [2.24, 2.45) is 0 Å². The van der Waals surface area contributed by atoms with Crippen molar-refractivity contribution in [2.75, 3.05) is 13.1 Å². The molecule has 0 aliphatic carbocycles. The van der Waals surface area contributed by atoms with Gasteiger partial charge in [-0.3, -0.25) is 9.69 Å². The van der Waals surface area contributed by atoms with Gasteiger partial charge in [0.2, 0.25) is 5.91 Å². The Hall–Kier alpha value is -2.67. The van der Waals surface area contributed by atoms with Gasteiger partial charge in [-0.25, -0.2) is 4.98 Å². The summed E-state index contributed by atoms with van der Waals surface area (Å²) in [5.74, 6) is 0.701. The molecule has 7 heteroatoms. The molecular formula is C26H28ClN3O2S. The van der Waals surface area contributed by atoms with Gasteiger partial charge in [0.25, 0.3) is 0 Å². The summed E-state index contributed by atoms with van der Waals surface area (Å²) in [6.45, 7) is 5.27. The van der Waals surface area contributed by atoms with Crippen LogP contribution in [0.4, 0.5) is 0 Å². The number of hydrogen-bond donors (Lipinski definition) is 1. The second-order valence-electron chi connectivity index (χ2n) is 8.24. The highest BCUT2D eigenvalue weighted by Gasteiger charge is 2.20. The van der Waals surface area contributed by atoms with Gasteiger partial charge in [-0.05, 0) is 61.2 Å². The topological polar surface area (TPSA) is 54.5 Å². The van der Waals surface area contributed by atoms with E-state index in [4.69, 9.17) is 16.3 Å². The fraction of sp³-hybridized carbons (Fsp3) is 0.308. The van der Waals surface area contributed by atoms with Crippen LogP contribution in [-0.2, 0) is 17.9 Å². The van der Waals surface area contributed by atoms with E-state index in [0.717, 1.165) is 59.5 Å². The monoisotopic (exact) mass is 481 g/mol. The van der Waals surface area contributed by atoms with E-state index in [1.807, 2.05) is 54.8 Å². The number of nitrogens with zero attached hydrogens (tertiary/aromatic N) is 2. The number of aromatic nitrogens is 1. The second-order valence-corrected chi connectivity index (χ2v) is 9.74. The quantitative estimate of drug-likeness (QED) is 0.433. The molecule has 3 aromatic rings. The molecule has 0 saturated carbocycles. The van der Waals surface area contributed by atoms with E-state index in [-0.39, 0.29) is 11.9 Å². The Labute approximate surface area is 204 Å². The van der Waals surface area contributed by atoms with Crippen LogP contribution in [0.25, 0.3) is 6.08 Å². The molecule has 1 amide bonds. The summed E-state index contributed by atoms with van der Waals surface area (Å²) in [5, 5.41) is 6.94. The lowest BCUT2D eigenvalue weighted by molar-refractivity contribution is -0.117. The van der Waals surface area contributed by atoms with Gasteiger partial charge in [-0.1, -0.05) is 35.9 Å². The first-order chi connectivity index (χ1) is 16.0. The Bertz CT molecular complexity index is 1090. The molecule has 0 radical (unpaired) electrons. The highest BCUT2D eigenvalue weighted by atomic mass is 35.5. The molecule has 5 nitrogen and oxygen atoms in total. The van der Waals surface area contributed by atoms with E-state index >= 15 is 0 Å². The number of halogens is 1. The van der Waals surface area contributed by atoms with E-state index in [1.54, 1.807) is 17.4 Å². The zero-order valence-corrected chi connectivity index (χ0v) is 20.2. The fourth-order valence-corrected chi connectivity index (χ4v) is 4.57. The van der Waals surface area contributed by atoms with Crippen LogP contribution in [-0.4, -0.2) is 34.9 Å². The highest BCUT2D eigenvalue weighted by Crippen LogP contribution is 2.18. The molecule has 0 bridgehead atoms. The summed E-state index contributed by atoms with van der Waals surface area (Å²) in [6, 6.07) is 15.9. The fourth-order valence-electron chi connectivity index (χ4n) is 3.84. The van der Waals surface area contributed by atoms with Crippen LogP contribution in [0.2, 0.25) is 5.02 Å². The molecule has 172 valence electrons. The molecule has 1 saturated heterocycles. The number of nitrogens with one attached hydrogen (secondary N) is 1. The van der Waals surface area contributed by atoms with Crippen molar-refractivity contribution >= 4 is 34.9 Å². The number of likely N-dealkylation sites (tertiary alicyclic amines) is 1. The van der Waals surface area contributed by atoms with Crippen LogP contribution < -0.4 is 10.1 Å². The highest BCUT2D eigenvalue weighted by molar-refractivity contribution is 7.09. The van der Waals surface area contributed by atoms with Gasteiger partial charge < -0.3 is 10.1 Å². The number of carbonyl (C=O) groups excluding carboxylic acids is 1. The number of piperidine rings is 1. The van der Waals surface area contributed by atoms with Crippen LogP contribution in [0.3, 0.4) is 0 Å². The SMILES string of the molecule is Cc1nc(COc2cccc(/C=C/C(=O)NC3CCN(Cc4ccc(Cl)cc4)CC3)c2)cs1. The molecule has 1 N–H and O–H groups in total. The van der Waals surface area contributed by atoms with Crippen LogP contribution in [0, 0.1) is 6.92 Å². The summed E-state index contributed by atoms with van der Waals surface area (Å²) in [7, 11) is 0. The number of ether oxygens (including phenoxy) is 1. The summed E-state index contributed by atoms with van der Waals surface area (Å²) in [6.07, 6.45) is 5.33. The van der Waals surface area contributed by atoms with E-state index in [0.29, 0.717) is 6.61 Å². The van der Waals surface area contributed by atoms with Gasteiger partial charge in [0.15, 0.2) is 0 Å². The van der Waals surface area contributed by atoms with Gasteiger partial charge in [-0.2, -0.15) is 0 Å². The van der Waals surface area contributed by atoms with Crippen molar-refractivity contribution in [3.63, 3.8) is 0 Å². The predicted molar refractivity (Wildman–Crippen MR) is 135 cm³/mol. The molecule has 33 heavy (non-hydrogen) atoms. The lowest BCUT2D eigenvalue weighted by Gasteiger charge is -2.32. The number of rotatable bonds is 8. The number of carbonyl (C=O) groups is 1. The van der Waals surface area contributed by atoms with Crippen molar-refractivity contribution in [3.05, 3.63) is 86.8 Å². The Morgan fingerprint density at radius 1 is 1.24 bits per heavy atom. The van der Waals surface area contributed by atoms with Gasteiger partial charge in [0, 0.05) is 42.2 Å². The first-order valence-corrected chi connectivity index (χ1v) is 12.4. The van der Waals surface area contributed by atoms with E-state index in [1.165, 1.54) is 5.56 Å². The Morgan fingerprint density at radius 3 is 2.76 bits per heavy atom. The zero-order valence-electron chi connectivity index (χ0n) is 18.7. The summed E-state index contributed by atoms with van der Waals surface area (Å²) < 4.78 is 5.83. The number of amides is 1. The molecular weight excluding hydrogens is 454 g/mol. The van der Waals surface area contributed by atoms with Crippen LogP contribution in [0.15, 0.2) is 60.0 Å². The van der Waals surface area contributed by atoms with Crippen molar-refractivity contribution < 1.29 is 9.53 Å². The Balaban J connectivity index is 1.21. The van der Waals surface area contributed by atoms with E-state index in [2.05, 4.69) is 27.3 Å². The summed E-state index contributed by atoms with van der Waals surface area (Å²) in [4.78, 5) is 19.3. The van der Waals surface area contributed by atoms with Crippen molar-refractivity contribution in [1.29, 1.82) is 0 Å². The van der Waals surface area contributed by atoms with Crippen molar-refractivity contribution in [1.82, 2.24) is 15.2 Å². The van der Waals surface area contributed by atoms with Crippen LogP contribution >= 0.6 is 22.9 Å². The Morgan fingerprint density at radius 2 is 2.03 bits per heavy atom. The standard InChI is InChI=1S/C26H28ClN3O2S/c1-19-28-24(18-33-19)17-32-25-4-2-3-20(15-25)7-10-26(31)29-23-11-13-30(14-12-23)16-21-5-8-22(27)9-6-21/h2-10,15,18,23H,11-14,16-17H2,1H3,(H,29,31)/b10-7+. The third-order valence-electron chi connectivity index (χ3n) is 5.59. The molecule has 0 unspecified atom stereocenters. The summed E-state index contributed by atoms with van der Waals surface area (Å²) in [5.41, 5.74) is 3.12. The third-order valence-corrected chi connectivity index (χ3v) is 6.67. The smallest absolute Gasteiger partial charge is 0.244 e. The van der Waals surface area contributed by atoms with Gasteiger partial charge in [-0.15, -0.1) is 11.3 Å². The minimum absolute atomic E-state index is 0.0598. The molecule has 0 atom stereocenters. The van der Waals surface area contributed by atoms with Crippen LogP contribution in [0.5, 0.6) is 5.75 Å². The van der Waals surface area contributed by atoms with Gasteiger partial charge in [0.1, 0.15) is 12.4 Å². The first-order valence-electron chi connectivity index (χ1n) is 11.1. The molecule has 2 heterocycles. The maximum absolute atomic E-state index is 12.4. The molecule has 1 aliphatic heterocycles. The van der Waals surface area contributed by atoms with Gasteiger partial charge >= 0.3 is 0 Å². The maximum atomic E-state index is 12.4. The number of thiazole rings is 1. The van der Waals surface area contributed by atoms with E-state index in [9.17, 15) is 4.79 Å². The normalized spacial score (nSPS) is 15.1. The Kier molecular flexibility index (Phi) is 8.15. The second kappa shape index (κ2) is 11.5. The largest absolute Gasteiger partial charge is 0.487 e. The zero-order chi connectivity index (χ0) is 23.0. The predicted octanol–water partition coefficient (Wildman–Crippen LogP) is 5.48. The van der Waals surface area contributed by atoms with Crippen molar-refractivity contribution in [3.8, 4) is 5.75 Å². The number of benzene rings is 2. The van der Waals surface area contributed by atoms with Crippen LogP contribution in [0.1, 0.15) is 34.7 Å². The lowest BCUT2D eigenvalue weighted by atomic mass is 10.0. The minimum Gasteiger partial charge on any atom is -0.487 e. The number of hydrogen-bond acceptors (Lipinski definition) is 5. The molecule has 1 aromatic heterocycles. The summed E-state index contributed by atoms with van der Waals surface area (Å²) >= 11 is 7.58. The molecule has 4 rings (SSSR count). The number of aryl methyl sites for hydroxylation is 1. The van der Waals surface area contributed by atoms with E-state index < -0.39 is 0 Å². The third kappa shape index (κ3) is 7.42. The first kappa shape index (κ1) is 23.5. The van der Waals surface area contributed by atoms with Crippen molar-refractivity contribution in [2.45, 2.75) is 39.0 Å². The average molecular weight is 482 g/mol.